The lowest BCUT2D eigenvalue weighted by Gasteiger charge is -2.26. The fourth-order valence-corrected chi connectivity index (χ4v) is 1.98. The van der Waals surface area contributed by atoms with E-state index in [1.807, 2.05) is 13.0 Å². The van der Waals surface area contributed by atoms with Crippen LogP contribution in [-0.2, 0) is 5.60 Å². The molecule has 1 atom stereocenters. The molecule has 4 heteroatoms. The molecule has 2 aromatic rings. The van der Waals surface area contributed by atoms with Gasteiger partial charge in [0.05, 0.1) is 12.8 Å². The first-order chi connectivity index (χ1) is 9.05. The largest absolute Gasteiger partial charge is 0.493 e. The zero-order valence-corrected chi connectivity index (χ0v) is 10.9. The van der Waals surface area contributed by atoms with E-state index in [9.17, 15) is 9.50 Å². The Morgan fingerprint density at radius 2 is 2.05 bits per heavy atom. The third-order valence-corrected chi connectivity index (χ3v) is 2.98. The normalized spacial score (nSPS) is 13.9. The molecule has 0 saturated heterocycles. The number of ether oxygens (including phenoxy) is 1. The maximum Gasteiger partial charge on any atom is 0.141 e. The van der Waals surface area contributed by atoms with Gasteiger partial charge in [0.25, 0.3) is 0 Å². The molecule has 3 nitrogen and oxygen atoms in total. The zero-order chi connectivity index (χ0) is 13.9. The first-order valence-electron chi connectivity index (χ1n) is 6.11. The minimum absolute atomic E-state index is 0.389. The van der Waals surface area contributed by atoms with Crippen LogP contribution in [0, 0.1) is 5.82 Å². The van der Waals surface area contributed by atoms with Gasteiger partial charge in [0, 0.05) is 17.3 Å². The summed E-state index contributed by atoms with van der Waals surface area (Å²) in [6.07, 6.45) is 2.56. The van der Waals surface area contributed by atoms with E-state index in [4.69, 9.17) is 4.74 Å². The second-order valence-electron chi connectivity index (χ2n) is 4.39. The van der Waals surface area contributed by atoms with Gasteiger partial charge in [-0.25, -0.2) is 4.39 Å². The molecule has 1 aromatic heterocycles. The lowest BCUT2D eigenvalue weighted by molar-refractivity contribution is 0.0973. The first-order valence-corrected chi connectivity index (χ1v) is 6.11. The molecule has 0 amide bonds. The molecule has 0 radical (unpaired) electrons. The highest BCUT2D eigenvalue weighted by molar-refractivity contribution is 5.43. The minimum Gasteiger partial charge on any atom is -0.493 e. The number of benzene rings is 1. The molecule has 1 N–H and O–H groups in total. The van der Waals surface area contributed by atoms with Crippen molar-refractivity contribution in [3.05, 3.63) is 59.7 Å². The quantitative estimate of drug-likeness (QED) is 0.920. The van der Waals surface area contributed by atoms with Crippen LogP contribution in [0.15, 0.2) is 42.7 Å². The molecule has 0 aliphatic rings. The van der Waals surface area contributed by atoms with Crippen molar-refractivity contribution in [2.24, 2.45) is 0 Å². The molecule has 1 heterocycles. The number of hydrogen-bond acceptors (Lipinski definition) is 3. The first kappa shape index (κ1) is 13.5. The fourth-order valence-electron chi connectivity index (χ4n) is 1.98. The molecule has 0 fully saturated rings. The van der Waals surface area contributed by atoms with Crippen LogP contribution < -0.4 is 4.74 Å². The number of aromatic nitrogens is 1. The zero-order valence-electron chi connectivity index (χ0n) is 10.9. The number of hydrogen-bond donors (Lipinski definition) is 1. The molecule has 2 rings (SSSR count). The van der Waals surface area contributed by atoms with Crippen LogP contribution in [0.4, 0.5) is 4.39 Å². The lowest BCUT2D eigenvalue weighted by Crippen LogP contribution is -2.24. The third kappa shape index (κ3) is 2.74. The van der Waals surface area contributed by atoms with Crippen LogP contribution in [-0.4, -0.2) is 16.7 Å². The Morgan fingerprint density at radius 1 is 1.32 bits per heavy atom. The summed E-state index contributed by atoms with van der Waals surface area (Å²) >= 11 is 0. The summed E-state index contributed by atoms with van der Waals surface area (Å²) in [4.78, 5) is 3.78. The van der Waals surface area contributed by atoms with Crippen molar-refractivity contribution in [1.29, 1.82) is 0 Å². The highest BCUT2D eigenvalue weighted by Gasteiger charge is 2.29. The van der Waals surface area contributed by atoms with Crippen LogP contribution in [0.3, 0.4) is 0 Å². The average Bonchev–Trinajstić information content (AvgIpc) is 2.39. The molecule has 1 aromatic carbocycles. The van der Waals surface area contributed by atoms with Gasteiger partial charge in [-0.3, -0.25) is 4.98 Å². The Bertz CT molecular complexity index is 570. The second kappa shape index (κ2) is 5.36. The minimum atomic E-state index is -1.36. The number of rotatable bonds is 4. The molecule has 0 aliphatic heterocycles. The van der Waals surface area contributed by atoms with Gasteiger partial charge in [0.1, 0.15) is 17.2 Å². The molecule has 1 unspecified atom stereocenters. The molecular weight excluding hydrogens is 245 g/mol. The van der Waals surface area contributed by atoms with E-state index in [1.54, 1.807) is 25.1 Å². The summed E-state index contributed by atoms with van der Waals surface area (Å²) in [5.41, 5.74) is -0.384. The number of pyridine rings is 1. The summed E-state index contributed by atoms with van der Waals surface area (Å²) in [6, 6.07) is 8.44. The fraction of sp³-hybridized carbons (Fsp3) is 0.267. The van der Waals surface area contributed by atoms with E-state index in [1.165, 1.54) is 12.3 Å². The van der Waals surface area contributed by atoms with Crippen LogP contribution in [0.5, 0.6) is 5.75 Å². The summed E-state index contributed by atoms with van der Waals surface area (Å²) in [6.45, 7) is 3.96. The van der Waals surface area contributed by atoms with Crippen molar-refractivity contribution < 1.29 is 14.2 Å². The number of aliphatic hydroxyl groups is 1. The Morgan fingerprint density at radius 3 is 2.74 bits per heavy atom. The topological polar surface area (TPSA) is 42.4 Å². The summed E-state index contributed by atoms with van der Waals surface area (Å²) in [5, 5.41) is 10.7. The highest BCUT2D eigenvalue weighted by Crippen LogP contribution is 2.35. The third-order valence-electron chi connectivity index (χ3n) is 2.98. The van der Waals surface area contributed by atoms with Crippen LogP contribution in [0.25, 0.3) is 0 Å². The second-order valence-corrected chi connectivity index (χ2v) is 4.39. The highest BCUT2D eigenvalue weighted by atomic mass is 19.1. The van der Waals surface area contributed by atoms with E-state index >= 15 is 0 Å². The molecule has 0 saturated carbocycles. The molecular formula is C15H16FNO2. The van der Waals surface area contributed by atoms with Gasteiger partial charge in [-0.15, -0.1) is 0 Å². The maximum absolute atomic E-state index is 13.3. The molecule has 100 valence electrons. The van der Waals surface area contributed by atoms with Gasteiger partial charge < -0.3 is 9.84 Å². The van der Waals surface area contributed by atoms with Crippen molar-refractivity contribution in [2.75, 3.05) is 6.61 Å². The SMILES string of the molecule is CCOc1ccccc1C(C)(O)c1cncc(F)c1. The molecule has 0 spiro atoms. The summed E-state index contributed by atoms with van der Waals surface area (Å²) in [7, 11) is 0. The Balaban J connectivity index is 2.50. The van der Waals surface area contributed by atoms with Crippen molar-refractivity contribution in [1.82, 2.24) is 4.98 Å². The summed E-state index contributed by atoms with van der Waals surface area (Å²) in [5.74, 6) is 0.103. The lowest BCUT2D eigenvalue weighted by atomic mass is 9.88. The van der Waals surface area contributed by atoms with E-state index in [0.29, 0.717) is 23.5 Å². The predicted octanol–water partition coefficient (Wildman–Crippen LogP) is 2.88. The van der Waals surface area contributed by atoms with Crippen LogP contribution in [0.2, 0.25) is 0 Å². The van der Waals surface area contributed by atoms with Crippen molar-refractivity contribution in [2.45, 2.75) is 19.4 Å². The van der Waals surface area contributed by atoms with E-state index < -0.39 is 11.4 Å². The number of para-hydroxylation sites is 1. The van der Waals surface area contributed by atoms with E-state index in [0.717, 1.165) is 6.20 Å². The average molecular weight is 261 g/mol. The van der Waals surface area contributed by atoms with Crippen molar-refractivity contribution >= 4 is 0 Å². The van der Waals surface area contributed by atoms with Crippen molar-refractivity contribution in [3.8, 4) is 5.75 Å². The van der Waals surface area contributed by atoms with Gasteiger partial charge in [0.2, 0.25) is 0 Å². The number of nitrogens with zero attached hydrogens (tertiary/aromatic N) is 1. The Hall–Kier alpha value is -1.94. The Labute approximate surface area is 111 Å². The summed E-state index contributed by atoms with van der Waals surface area (Å²) < 4.78 is 18.8. The maximum atomic E-state index is 13.3. The van der Waals surface area contributed by atoms with Crippen molar-refractivity contribution in [3.63, 3.8) is 0 Å². The standard InChI is InChI=1S/C15H16FNO2/c1-3-19-14-7-5-4-6-13(14)15(2,18)11-8-12(16)10-17-9-11/h4-10,18H,3H2,1-2H3. The van der Waals surface area contributed by atoms with Crippen LogP contribution >= 0.6 is 0 Å². The van der Waals surface area contributed by atoms with Gasteiger partial charge in [0.15, 0.2) is 0 Å². The monoisotopic (exact) mass is 261 g/mol. The Kier molecular flexibility index (Phi) is 3.81. The molecule has 0 aliphatic carbocycles. The van der Waals surface area contributed by atoms with Crippen LogP contribution in [0.1, 0.15) is 25.0 Å². The molecule has 19 heavy (non-hydrogen) atoms. The predicted molar refractivity (Wildman–Crippen MR) is 70.5 cm³/mol. The molecule has 0 bridgehead atoms. The van der Waals surface area contributed by atoms with E-state index in [2.05, 4.69) is 4.98 Å². The smallest absolute Gasteiger partial charge is 0.141 e. The van der Waals surface area contributed by atoms with Gasteiger partial charge >= 0.3 is 0 Å². The van der Waals surface area contributed by atoms with Gasteiger partial charge in [-0.05, 0) is 26.0 Å². The van der Waals surface area contributed by atoms with Gasteiger partial charge in [-0.2, -0.15) is 0 Å². The van der Waals surface area contributed by atoms with E-state index in [-0.39, 0.29) is 0 Å². The van der Waals surface area contributed by atoms with Gasteiger partial charge in [-0.1, -0.05) is 18.2 Å². The number of halogens is 1.